The molecular weight excluding hydrogens is 190 g/mol. The molecule has 0 amide bonds. The summed E-state index contributed by atoms with van der Waals surface area (Å²) in [5.41, 5.74) is 0. The van der Waals surface area contributed by atoms with Crippen molar-refractivity contribution in [2.75, 3.05) is 26.3 Å². The second-order valence-corrected chi connectivity index (χ2v) is 4.81. The molecule has 0 aromatic carbocycles. The lowest BCUT2D eigenvalue weighted by Crippen LogP contribution is -2.32. The highest BCUT2D eigenvalue weighted by Crippen LogP contribution is 1.99. The predicted octanol–water partition coefficient (Wildman–Crippen LogP) is 1.66. The third-order valence-electron chi connectivity index (χ3n) is 2.39. The van der Waals surface area contributed by atoms with Crippen LogP contribution in [-0.2, 0) is 4.74 Å². The van der Waals surface area contributed by atoms with Gasteiger partial charge in [-0.3, -0.25) is 0 Å². The standard InChI is InChI=1S/C12H27NO2/c1-10(2)5-7-15-8-6-13-9-12(14)11(3)4/h10-14H,5-9H2,1-4H3. The van der Waals surface area contributed by atoms with E-state index in [1.165, 1.54) is 0 Å². The van der Waals surface area contributed by atoms with Crippen molar-refractivity contribution < 1.29 is 9.84 Å². The average molecular weight is 217 g/mol. The number of hydrogen-bond donors (Lipinski definition) is 2. The summed E-state index contributed by atoms with van der Waals surface area (Å²) in [5.74, 6) is 1.03. The Kier molecular flexibility index (Phi) is 9.06. The van der Waals surface area contributed by atoms with Crippen LogP contribution in [0.3, 0.4) is 0 Å². The highest BCUT2D eigenvalue weighted by atomic mass is 16.5. The zero-order valence-electron chi connectivity index (χ0n) is 10.6. The summed E-state index contributed by atoms with van der Waals surface area (Å²) in [5, 5.41) is 12.7. The van der Waals surface area contributed by atoms with Gasteiger partial charge in [0, 0.05) is 19.7 Å². The van der Waals surface area contributed by atoms with Crippen LogP contribution in [0, 0.1) is 11.8 Å². The van der Waals surface area contributed by atoms with Crippen LogP contribution >= 0.6 is 0 Å². The first kappa shape index (κ1) is 14.9. The Morgan fingerprint density at radius 2 is 1.80 bits per heavy atom. The van der Waals surface area contributed by atoms with Gasteiger partial charge in [-0.15, -0.1) is 0 Å². The van der Waals surface area contributed by atoms with E-state index in [4.69, 9.17) is 4.74 Å². The van der Waals surface area contributed by atoms with E-state index < -0.39 is 0 Å². The zero-order chi connectivity index (χ0) is 11.7. The lowest BCUT2D eigenvalue weighted by atomic mass is 10.1. The van der Waals surface area contributed by atoms with Crippen molar-refractivity contribution in [3.05, 3.63) is 0 Å². The SMILES string of the molecule is CC(C)CCOCCNCC(O)C(C)C. The van der Waals surface area contributed by atoms with E-state index in [1.54, 1.807) is 0 Å². The minimum atomic E-state index is -0.249. The Morgan fingerprint density at radius 1 is 1.13 bits per heavy atom. The van der Waals surface area contributed by atoms with Crippen molar-refractivity contribution in [1.29, 1.82) is 0 Å². The molecule has 3 nitrogen and oxygen atoms in total. The molecule has 1 atom stereocenters. The van der Waals surface area contributed by atoms with Gasteiger partial charge in [-0.1, -0.05) is 27.7 Å². The molecule has 0 aliphatic heterocycles. The van der Waals surface area contributed by atoms with Gasteiger partial charge < -0.3 is 15.2 Å². The molecule has 0 heterocycles. The summed E-state index contributed by atoms with van der Waals surface area (Å²) in [6.07, 6.45) is 0.870. The van der Waals surface area contributed by atoms with Crippen molar-refractivity contribution in [3.63, 3.8) is 0 Å². The number of aliphatic hydroxyl groups excluding tert-OH is 1. The molecule has 2 N–H and O–H groups in total. The maximum atomic E-state index is 9.50. The fourth-order valence-corrected chi connectivity index (χ4v) is 1.05. The van der Waals surface area contributed by atoms with E-state index in [9.17, 15) is 5.11 Å². The third-order valence-corrected chi connectivity index (χ3v) is 2.39. The molecule has 0 radical (unpaired) electrons. The first-order valence-corrected chi connectivity index (χ1v) is 6.00. The molecular formula is C12H27NO2. The number of hydrogen-bond acceptors (Lipinski definition) is 3. The van der Waals surface area contributed by atoms with Gasteiger partial charge in [0.25, 0.3) is 0 Å². The minimum Gasteiger partial charge on any atom is -0.392 e. The lowest BCUT2D eigenvalue weighted by molar-refractivity contribution is 0.106. The van der Waals surface area contributed by atoms with Crippen molar-refractivity contribution in [3.8, 4) is 0 Å². The van der Waals surface area contributed by atoms with Crippen molar-refractivity contribution in [1.82, 2.24) is 5.32 Å². The van der Waals surface area contributed by atoms with E-state index in [1.807, 2.05) is 13.8 Å². The van der Waals surface area contributed by atoms with E-state index in [0.29, 0.717) is 18.4 Å². The molecule has 0 saturated heterocycles. The molecule has 0 bridgehead atoms. The summed E-state index contributed by atoms with van der Waals surface area (Å²) in [7, 11) is 0. The third kappa shape index (κ3) is 10.2. The molecule has 0 saturated carbocycles. The maximum absolute atomic E-state index is 9.50. The Balaban J connectivity index is 3.11. The largest absolute Gasteiger partial charge is 0.392 e. The predicted molar refractivity (Wildman–Crippen MR) is 64.0 cm³/mol. The van der Waals surface area contributed by atoms with Crippen molar-refractivity contribution in [2.45, 2.75) is 40.2 Å². The minimum absolute atomic E-state index is 0.249. The smallest absolute Gasteiger partial charge is 0.0687 e. The van der Waals surface area contributed by atoms with Gasteiger partial charge in [-0.25, -0.2) is 0 Å². The molecule has 92 valence electrons. The van der Waals surface area contributed by atoms with Gasteiger partial charge in [-0.05, 0) is 18.3 Å². The van der Waals surface area contributed by atoms with Gasteiger partial charge in [-0.2, -0.15) is 0 Å². The number of nitrogens with one attached hydrogen (secondary N) is 1. The molecule has 0 aliphatic carbocycles. The van der Waals surface area contributed by atoms with E-state index in [0.717, 1.165) is 26.2 Å². The van der Waals surface area contributed by atoms with Crippen molar-refractivity contribution in [2.24, 2.45) is 11.8 Å². The van der Waals surface area contributed by atoms with Crippen LogP contribution in [0.5, 0.6) is 0 Å². The number of aliphatic hydroxyl groups is 1. The van der Waals surface area contributed by atoms with Crippen LogP contribution in [0.25, 0.3) is 0 Å². The molecule has 0 aromatic rings. The fourth-order valence-electron chi connectivity index (χ4n) is 1.05. The van der Waals surface area contributed by atoms with Crippen LogP contribution in [-0.4, -0.2) is 37.5 Å². The van der Waals surface area contributed by atoms with Gasteiger partial charge in [0.15, 0.2) is 0 Å². The van der Waals surface area contributed by atoms with E-state index >= 15 is 0 Å². The molecule has 1 unspecified atom stereocenters. The highest BCUT2D eigenvalue weighted by Gasteiger charge is 2.07. The summed E-state index contributed by atoms with van der Waals surface area (Å²) < 4.78 is 5.44. The average Bonchev–Trinajstić information content (AvgIpc) is 2.15. The Morgan fingerprint density at radius 3 is 2.33 bits per heavy atom. The van der Waals surface area contributed by atoms with Crippen LogP contribution in [0.2, 0.25) is 0 Å². The molecule has 0 aromatic heterocycles. The zero-order valence-corrected chi connectivity index (χ0v) is 10.6. The lowest BCUT2D eigenvalue weighted by Gasteiger charge is -2.15. The topological polar surface area (TPSA) is 41.5 Å². The summed E-state index contributed by atoms with van der Waals surface area (Å²) in [4.78, 5) is 0. The second kappa shape index (κ2) is 9.13. The second-order valence-electron chi connectivity index (χ2n) is 4.81. The normalized spacial score (nSPS) is 13.8. The monoisotopic (exact) mass is 217 g/mol. The van der Waals surface area contributed by atoms with Gasteiger partial charge in [0.05, 0.1) is 12.7 Å². The molecule has 3 heteroatoms. The molecule has 0 fully saturated rings. The van der Waals surface area contributed by atoms with Crippen LogP contribution in [0.1, 0.15) is 34.1 Å². The van der Waals surface area contributed by atoms with E-state index in [2.05, 4.69) is 19.2 Å². The highest BCUT2D eigenvalue weighted by molar-refractivity contribution is 4.62. The summed E-state index contributed by atoms with van der Waals surface area (Å²) in [6.45, 7) is 11.5. The molecule has 0 aliphatic rings. The fraction of sp³-hybridized carbons (Fsp3) is 1.00. The van der Waals surface area contributed by atoms with Crippen molar-refractivity contribution >= 4 is 0 Å². The van der Waals surface area contributed by atoms with Crippen LogP contribution in [0.15, 0.2) is 0 Å². The van der Waals surface area contributed by atoms with Crippen LogP contribution in [0.4, 0.5) is 0 Å². The molecule has 15 heavy (non-hydrogen) atoms. The maximum Gasteiger partial charge on any atom is 0.0687 e. The molecule has 0 spiro atoms. The molecule has 0 rings (SSSR count). The first-order chi connectivity index (χ1) is 7.04. The van der Waals surface area contributed by atoms with E-state index in [-0.39, 0.29) is 6.10 Å². The Labute approximate surface area is 94.2 Å². The van der Waals surface area contributed by atoms with Crippen LogP contribution < -0.4 is 5.32 Å². The number of ether oxygens (including phenoxy) is 1. The number of rotatable bonds is 9. The Hall–Kier alpha value is -0.120. The first-order valence-electron chi connectivity index (χ1n) is 6.00. The summed E-state index contributed by atoms with van der Waals surface area (Å²) in [6, 6.07) is 0. The van der Waals surface area contributed by atoms with Gasteiger partial charge >= 0.3 is 0 Å². The van der Waals surface area contributed by atoms with Gasteiger partial charge in [0.2, 0.25) is 0 Å². The summed E-state index contributed by atoms with van der Waals surface area (Å²) >= 11 is 0. The Bertz CT molecular complexity index is 138. The van der Waals surface area contributed by atoms with Gasteiger partial charge in [0.1, 0.15) is 0 Å². The quantitative estimate of drug-likeness (QED) is 0.577.